The molecule has 0 aliphatic carbocycles. The number of benzene rings is 1. The summed E-state index contributed by atoms with van der Waals surface area (Å²) in [7, 11) is 0. The molecule has 1 aromatic heterocycles. The number of aromatic hydroxyl groups is 1. The van der Waals surface area contributed by atoms with Crippen LogP contribution in [0.4, 0.5) is 0 Å². The first-order valence-corrected chi connectivity index (χ1v) is 8.47. The molecule has 1 N–H and O–H groups in total. The molecule has 2 heterocycles. The Bertz CT molecular complexity index is 755. The van der Waals surface area contributed by atoms with E-state index in [2.05, 4.69) is 18.7 Å². The molecule has 1 aromatic carbocycles. The second kappa shape index (κ2) is 6.36. The lowest BCUT2D eigenvalue weighted by Gasteiger charge is -2.35. The average molecular weight is 315 g/mol. The van der Waals surface area contributed by atoms with E-state index < -0.39 is 0 Å². The Morgan fingerprint density at radius 2 is 1.87 bits per heavy atom. The molecule has 4 heteroatoms. The quantitative estimate of drug-likeness (QED) is 0.880. The molecule has 0 amide bonds. The number of phenolic OH excluding ortho intramolecular Hbond substituents is 1. The van der Waals surface area contributed by atoms with Gasteiger partial charge in [0.05, 0.1) is 0 Å². The van der Waals surface area contributed by atoms with Gasteiger partial charge in [0.2, 0.25) is 0 Å². The number of rotatable bonds is 3. The number of fused-ring (bicyclic) bond motifs is 1. The molecule has 1 saturated heterocycles. The highest BCUT2D eigenvalue weighted by Crippen LogP contribution is 2.29. The number of hydrogen-bond donors (Lipinski definition) is 1. The van der Waals surface area contributed by atoms with Gasteiger partial charge in [0.25, 0.3) is 0 Å². The molecule has 2 unspecified atom stereocenters. The number of likely N-dealkylation sites (tertiary alicyclic amines) is 1. The summed E-state index contributed by atoms with van der Waals surface area (Å²) in [5.74, 6) is 1.56. The first-order chi connectivity index (χ1) is 11.0. The minimum atomic E-state index is -0.353. The number of aryl methyl sites for hydroxylation is 1. The molecule has 1 aliphatic rings. The zero-order valence-electron chi connectivity index (χ0n) is 14.1. The van der Waals surface area contributed by atoms with Crippen molar-refractivity contribution in [1.82, 2.24) is 4.90 Å². The number of nitrogens with zero attached hydrogens (tertiary/aromatic N) is 1. The van der Waals surface area contributed by atoms with Crippen LogP contribution < -0.4 is 5.63 Å². The molecule has 2 atom stereocenters. The Hall–Kier alpha value is -1.81. The minimum absolute atomic E-state index is 0.195. The van der Waals surface area contributed by atoms with E-state index >= 15 is 0 Å². The topological polar surface area (TPSA) is 53.7 Å². The van der Waals surface area contributed by atoms with Crippen molar-refractivity contribution in [2.75, 3.05) is 13.1 Å². The van der Waals surface area contributed by atoms with Crippen LogP contribution in [0, 0.1) is 11.8 Å². The van der Waals surface area contributed by atoms with Crippen molar-refractivity contribution in [3.63, 3.8) is 0 Å². The van der Waals surface area contributed by atoms with Gasteiger partial charge in [-0.3, -0.25) is 4.90 Å². The summed E-state index contributed by atoms with van der Waals surface area (Å²) in [6, 6.07) is 5.13. The van der Waals surface area contributed by atoms with Gasteiger partial charge in [-0.15, -0.1) is 0 Å². The van der Waals surface area contributed by atoms with Gasteiger partial charge in [-0.05, 0) is 41.9 Å². The Kier molecular flexibility index (Phi) is 4.44. The molecule has 23 heavy (non-hydrogen) atoms. The van der Waals surface area contributed by atoms with Crippen molar-refractivity contribution in [2.45, 2.75) is 40.2 Å². The van der Waals surface area contributed by atoms with E-state index in [1.54, 1.807) is 12.1 Å². The summed E-state index contributed by atoms with van der Waals surface area (Å²) in [4.78, 5) is 14.3. The molecule has 0 saturated carbocycles. The van der Waals surface area contributed by atoms with E-state index in [9.17, 15) is 9.90 Å². The highest BCUT2D eigenvalue weighted by molar-refractivity contribution is 5.82. The van der Waals surface area contributed by atoms with Gasteiger partial charge in [-0.2, -0.15) is 0 Å². The molecular formula is C19H25NO3. The van der Waals surface area contributed by atoms with E-state index in [1.807, 2.05) is 13.0 Å². The fourth-order valence-corrected chi connectivity index (χ4v) is 3.88. The minimum Gasteiger partial charge on any atom is -0.508 e. The number of hydrogen-bond acceptors (Lipinski definition) is 4. The molecule has 1 aliphatic heterocycles. The van der Waals surface area contributed by atoms with Crippen molar-refractivity contribution in [1.29, 1.82) is 0 Å². The largest absolute Gasteiger partial charge is 0.508 e. The van der Waals surface area contributed by atoms with Gasteiger partial charge in [0, 0.05) is 37.2 Å². The van der Waals surface area contributed by atoms with Crippen LogP contribution in [0.15, 0.2) is 27.4 Å². The molecule has 3 rings (SSSR count). The maximum atomic E-state index is 11.9. The van der Waals surface area contributed by atoms with Gasteiger partial charge in [-0.25, -0.2) is 4.79 Å². The van der Waals surface area contributed by atoms with E-state index in [0.717, 1.165) is 42.6 Å². The monoisotopic (exact) mass is 315 g/mol. The Morgan fingerprint density at radius 3 is 2.52 bits per heavy atom. The summed E-state index contributed by atoms with van der Waals surface area (Å²) in [6.45, 7) is 9.45. The molecule has 0 bridgehead atoms. The van der Waals surface area contributed by atoms with Crippen molar-refractivity contribution in [3.8, 4) is 5.75 Å². The van der Waals surface area contributed by atoms with E-state index in [4.69, 9.17) is 4.42 Å². The van der Waals surface area contributed by atoms with Gasteiger partial charge in [-0.1, -0.05) is 20.8 Å². The highest BCUT2D eigenvalue weighted by atomic mass is 16.4. The highest BCUT2D eigenvalue weighted by Gasteiger charge is 2.22. The zero-order chi connectivity index (χ0) is 16.6. The van der Waals surface area contributed by atoms with Crippen molar-refractivity contribution in [3.05, 3.63) is 39.7 Å². The molecule has 0 spiro atoms. The van der Waals surface area contributed by atoms with Crippen molar-refractivity contribution in [2.24, 2.45) is 11.8 Å². The second-order valence-corrected chi connectivity index (χ2v) is 7.06. The Balaban J connectivity index is 2.00. The third-order valence-corrected chi connectivity index (χ3v) is 4.75. The van der Waals surface area contributed by atoms with Crippen LogP contribution in [0.1, 0.15) is 38.3 Å². The van der Waals surface area contributed by atoms with E-state index in [1.165, 1.54) is 6.42 Å². The number of phenols is 1. The van der Waals surface area contributed by atoms with Crippen LogP contribution in [0.3, 0.4) is 0 Å². The lowest BCUT2D eigenvalue weighted by Crippen LogP contribution is -2.38. The second-order valence-electron chi connectivity index (χ2n) is 7.06. The normalized spacial score (nSPS) is 22.6. The fourth-order valence-electron chi connectivity index (χ4n) is 3.88. The summed E-state index contributed by atoms with van der Waals surface area (Å²) in [5.41, 5.74) is 2.00. The van der Waals surface area contributed by atoms with Crippen LogP contribution in [-0.4, -0.2) is 23.1 Å². The Labute approximate surface area is 136 Å². The molecular weight excluding hydrogens is 290 g/mol. The Morgan fingerprint density at radius 1 is 1.17 bits per heavy atom. The molecule has 4 nitrogen and oxygen atoms in total. The maximum Gasteiger partial charge on any atom is 0.336 e. The van der Waals surface area contributed by atoms with Crippen LogP contribution in [0.2, 0.25) is 0 Å². The number of piperidine rings is 1. The van der Waals surface area contributed by atoms with Crippen molar-refractivity contribution < 1.29 is 9.52 Å². The van der Waals surface area contributed by atoms with Crippen LogP contribution in [0.25, 0.3) is 11.0 Å². The predicted octanol–water partition coefficient (Wildman–Crippen LogP) is 3.54. The molecule has 1 fully saturated rings. The van der Waals surface area contributed by atoms with E-state index in [-0.39, 0.29) is 11.4 Å². The molecule has 124 valence electrons. The summed E-state index contributed by atoms with van der Waals surface area (Å²) in [5, 5.41) is 10.9. The summed E-state index contributed by atoms with van der Waals surface area (Å²) in [6.07, 6.45) is 2.01. The van der Waals surface area contributed by atoms with Gasteiger partial charge >= 0.3 is 5.63 Å². The standard InChI is InChI=1S/C19H25NO3/c1-4-14-6-16-15(7-19(22)23-18(16)8-17(14)21)11-20-9-12(2)5-13(3)10-20/h6-8,12-13,21H,4-5,9-11H2,1-3H3. The maximum absolute atomic E-state index is 11.9. The first kappa shape index (κ1) is 16.1. The third-order valence-electron chi connectivity index (χ3n) is 4.75. The SMILES string of the molecule is CCc1cc2c(CN3CC(C)CC(C)C3)cc(=O)oc2cc1O. The third kappa shape index (κ3) is 3.42. The van der Waals surface area contributed by atoms with Gasteiger partial charge in [0.15, 0.2) is 0 Å². The van der Waals surface area contributed by atoms with Gasteiger partial charge in [0.1, 0.15) is 11.3 Å². The smallest absolute Gasteiger partial charge is 0.336 e. The zero-order valence-corrected chi connectivity index (χ0v) is 14.1. The average Bonchev–Trinajstić information content (AvgIpc) is 2.45. The molecule has 2 aromatic rings. The van der Waals surface area contributed by atoms with E-state index in [0.29, 0.717) is 17.4 Å². The van der Waals surface area contributed by atoms with Gasteiger partial charge < -0.3 is 9.52 Å². The lowest BCUT2D eigenvalue weighted by molar-refractivity contribution is 0.134. The van der Waals surface area contributed by atoms with Crippen LogP contribution in [0.5, 0.6) is 5.75 Å². The lowest BCUT2D eigenvalue weighted by atomic mass is 9.91. The fraction of sp³-hybridized carbons (Fsp3) is 0.526. The van der Waals surface area contributed by atoms with Crippen molar-refractivity contribution >= 4 is 11.0 Å². The predicted molar refractivity (Wildman–Crippen MR) is 91.7 cm³/mol. The summed E-state index contributed by atoms with van der Waals surface area (Å²) >= 11 is 0. The van der Waals surface area contributed by atoms with Crippen LogP contribution in [-0.2, 0) is 13.0 Å². The van der Waals surface area contributed by atoms with Crippen LogP contribution >= 0.6 is 0 Å². The summed E-state index contributed by atoms with van der Waals surface area (Å²) < 4.78 is 5.28. The first-order valence-electron chi connectivity index (χ1n) is 8.47. The molecule has 0 radical (unpaired) electrons.